The first-order valence-corrected chi connectivity index (χ1v) is 7.43. The molecule has 0 fully saturated rings. The number of amides is 1. The summed E-state index contributed by atoms with van der Waals surface area (Å²) in [4.78, 5) is 13.6. The lowest BCUT2D eigenvalue weighted by Crippen LogP contribution is -2.42. The monoisotopic (exact) mass is 304 g/mol. The molecule has 0 aliphatic carbocycles. The van der Waals surface area contributed by atoms with Crippen LogP contribution in [0.25, 0.3) is 0 Å². The predicted molar refractivity (Wildman–Crippen MR) is 81.5 cm³/mol. The Hall–Kier alpha value is -2.24. The van der Waals surface area contributed by atoms with Crippen molar-refractivity contribution < 1.29 is 9.18 Å². The predicted octanol–water partition coefficient (Wildman–Crippen LogP) is 2.19. The molecule has 0 aliphatic heterocycles. The Morgan fingerprint density at radius 1 is 1.27 bits per heavy atom. The third kappa shape index (κ3) is 4.65. The van der Waals surface area contributed by atoms with E-state index in [-0.39, 0.29) is 30.1 Å². The van der Waals surface area contributed by atoms with Crippen LogP contribution in [-0.2, 0) is 17.8 Å². The van der Waals surface area contributed by atoms with E-state index in [4.69, 9.17) is 0 Å². The van der Waals surface area contributed by atoms with Crippen LogP contribution in [0.2, 0.25) is 0 Å². The lowest BCUT2D eigenvalue weighted by molar-refractivity contribution is -0.122. The molecule has 1 aromatic carbocycles. The maximum atomic E-state index is 13.5. The van der Waals surface area contributed by atoms with Gasteiger partial charge in [-0.05, 0) is 24.0 Å². The molecule has 2 rings (SSSR count). The number of aromatic nitrogens is 3. The van der Waals surface area contributed by atoms with Crippen molar-refractivity contribution in [3.8, 4) is 0 Å². The SMILES string of the molecule is CC(C)C(Cn1nccn1)NC(=O)CCc1ccccc1F. The fourth-order valence-corrected chi connectivity index (χ4v) is 2.16. The summed E-state index contributed by atoms with van der Waals surface area (Å²) in [6.45, 7) is 4.59. The van der Waals surface area contributed by atoms with Crippen molar-refractivity contribution >= 4 is 5.91 Å². The first-order valence-electron chi connectivity index (χ1n) is 7.43. The zero-order chi connectivity index (χ0) is 15.9. The molecule has 1 heterocycles. The number of nitrogens with one attached hydrogen (secondary N) is 1. The van der Waals surface area contributed by atoms with Gasteiger partial charge in [-0.2, -0.15) is 15.0 Å². The average Bonchev–Trinajstić information content (AvgIpc) is 2.98. The molecule has 22 heavy (non-hydrogen) atoms. The lowest BCUT2D eigenvalue weighted by atomic mass is 10.0. The van der Waals surface area contributed by atoms with Crippen LogP contribution in [-0.4, -0.2) is 26.9 Å². The van der Waals surface area contributed by atoms with E-state index in [1.165, 1.54) is 6.07 Å². The van der Waals surface area contributed by atoms with Crippen LogP contribution < -0.4 is 5.32 Å². The molecule has 2 aromatic rings. The fraction of sp³-hybridized carbons (Fsp3) is 0.438. The highest BCUT2D eigenvalue weighted by Crippen LogP contribution is 2.10. The van der Waals surface area contributed by atoms with Crippen LogP contribution in [0, 0.1) is 11.7 Å². The molecule has 0 bridgehead atoms. The van der Waals surface area contributed by atoms with Crippen molar-refractivity contribution in [2.75, 3.05) is 0 Å². The number of nitrogens with zero attached hydrogens (tertiary/aromatic N) is 3. The van der Waals surface area contributed by atoms with Gasteiger partial charge in [-0.1, -0.05) is 32.0 Å². The molecule has 5 nitrogen and oxygen atoms in total. The first kappa shape index (κ1) is 16.1. The van der Waals surface area contributed by atoms with Crippen molar-refractivity contribution in [1.29, 1.82) is 0 Å². The second-order valence-corrected chi connectivity index (χ2v) is 5.59. The second-order valence-electron chi connectivity index (χ2n) is 5.59. The third-order valence-electron chi connectivity index (χ3n) is 3.56. The summed E-state index contributed by atoms with van der Waals surface area (Å²) < 4.78 is 13.5. The van der Waals surface area contributed by atoms with E-state index in [2.05, 4.69) is 15.5 Å². The molecule has 0 radical (unpaired) electrons. The lowest BCUT2D eigenvalue weighted by Gasteiger charge is -2.21. The number of halogens is 1. The van der Waals surface area contributed by atoms with Crippen molar-refractivity contribution in [1.82, 2.24) is 20.3 Å². The maximum absolute atomic E-state index is 13.5. The largest absolute Gasteiger partial charge is 0.351 e. The van der Waals surface area contributed by atoms with E-state index in [9.17, 15) is 9.18 Å². The normalized spacial score (nSPS) is 12.4. The smallest absolute Gasteiger partial charge is 0.220 e. The van der Waals surface area contributed by atoms with Crippen molar-refractivity contribution in [3.05, 3.63) is 48.0 Å². The minimum absolute atomic E-state index is 0.0551. The van der Waals surface area contributed by atoms with Gasteiger partial charge in [0.25, 0.3) is 0 Å². The van der Waals surface area contributed by atoms with Gasteiger partial charge in [-0.3, -0.25) is 4.79 Å². The Bertz CT molecular complexity index is 598. The molecular weight excluding hydrogens is 283 g/mol. The summed E-state index contributed by atoms with van der Waals surface area (Å²) in [6.07, 6.45) is 3.87. The molecule has 0 saturated carbocycles. The minimum atomic E-state index is -0.267. The number of rotatable bonds is 7. The molecule has 1 unspecified atom stereocenters. The van der Waals surface area contributed by atoms with Gasteiger partial charge in [0, 0.05) is 6.42 Å². The Kier molecular flexibility index (Phi) is 5.63. The Labute approximate surface area is 129 Å². The molecular formula is C16H21FN4O. The van der Waals surface area contributed by atoms with Gasteiger partial charge < -0.3 is 5.32 Å². The van der Waals surface area contributed by atoms with Crippen LogP contribution in [0.15, 0.2) is 36.7 Å². The topological polar surface area (TPSA) is 59.8 Å². The second kappa shape index (κ2) is 7.68. The van der Waals surface area contributed by atoms with Crippen LogP contribution in [0.5, 0.6) is 0 Å². The standard InChI is InChI=1S/C16H21FN4O/c1-12(2)15(11-21-18-9-10-19-21)20-16(22)8-7-13-5-3-4-6-14(13)17/h3-6,9-10,12,15H,7-8,11H2,1-2H3,(H,20,22). The number of carbonyl (C=O) groups excluding carboxylic acids is 1. The third-order valence-corrected chi connectivity index (χ3v) is 3.56. The van der Waals surface area contributed by atoms with E-state index in [0.717, 1.165) is 0 Å². The van der Waals surface area contributed by atoms with Gasteiger partial charge in [0.2, 0.25) is 5.91 Å². The van der Waals surface area contributed by atoms with Gasteiger partial charge in [0.1, 0.15) is 5.82 Å². The molecule has 6 heteroatoms. The van der Waals surface area contributed by atoms with Crippen LogP contribution >= 0.6 is 0 Å². The summed E-state index contributed by atoms with van der Waals surface area (Å²) in [5.74, 6) is -0.103. The Morgan fingerprint density at radius 2 is 1.95 bits per heavy atom. The van der Waals surface area contributed by atoms with Gasteiger partial charge in [0.15, 0.2) is 0 Å². The fourth-order valence-electron chi connectivity index (χ4n) is 2.16. The van der Waals surface area contributed by atoms with Crippen molar-refractivity contribution in [2.24, 2.45) is 5.92 Å². The number of benzene rings is 1. The molecule has 0 saturated heterocycles. The highest BCUT2D eigenvalue weighted by molar-refractivity contribution is 5.76. The van der Waals surface area contributed by atoms with E-state index in [1.54, 1.807) is 35.4 Å². The molecule has 118 valence electrons. The molecule has 1 atom stereocenters. The van der Waals surface area contributed by atoms with Crippen molar-refractivity contribution in [2.45, 2.75) is 39.3 Å². The van der Waals surface area contributed by atoms with Crippen LogP contribution in [0.3, 0.4) is 0 Å². The highest BCUT2D eigenvalue weighted by atomic mass is 19.1. The van der Waals surface area contributed by atoms with Gasteiger partial charge in [-0.15, -0.1) is 0 Å². The number of hydrogen-bond acceptors (Lipinski definition) is 3. The highest BCUT2D eigenvalue weighted by Gasteiger charge is 2.17. The Balaban J connectivity index is 1.87. The van der Waals surface area contributed by atoms with E-state index in [0.29, 0.717) is 18.5 Å². The van der Waals surface area contributed by atoms with Crippen LogP contribution in [0.4, 0.5) is 4.39 Å². The van der Waals surface area contributed by atoms with E-state index >= 15 is 0 Å². The van der Waals surface area contributed by atoms with Gasteiger partial charge in [-0.25, -0.2) is 4.39 Å². The molecule has 1 N–H and O–H groups in total. The van der Waals surface area contributed by atoms with Gasteiger partial charge >= 0.3 is 0 Å². The van der Waals surface area contributed by atoms with E-state index in [1.807, 2.05) is 13.8 Å². The van der Waals surface area contributed by atoms with Crippen molar-refractivity contribution in [3.63, 3.8) is 0 Å². The molecule has 0 spiro atoms. The molecule has 1 aromatic heterocycles. The summed E-state index contributed by atoms with van der Waals surface area (Å²) in [5.41, 5.74) is 0.562. The van der Waals surface area contributed by atoms with Crippen LogP contribution in [0.1, 0.15) is 25.8 Å². The summed E-state index contributed by atoms with van der Waals surface area (Å²) >= 11 is 0. The minimum Gasteiger partial charge on any atom is -0.351 e. The summed E-state index contributed by atoms with van der Waals surface area (Å²) in [7, 11) is 0. The maximum Gasteiger partial charge on any atom is 0.220 e. The molecule has 0 aliphatic rings. The number of aryl methyl sites for hydroxylation is 1. The zero-order valence-corrected chi connectivity index (χ0v) is 12.9. The molecule has 1 amide bonds. The van der Waals surface area contributed by atoms with Gasteiger partial charge in [0.05, 0.1) is 25.0 Å². The quantitative estimate of drug-likeness (QED) is 0.853. The van der Waals surface area contributed by atoms with E-state index < -0.39 is 0 Å². The average molecular weight is 304 g/mol. The number of hydrogen-bond donors (Lipinski definition) is 1. The number of carbonyl (C=O) groups is 1. The summed E-state index contributed by atoms with van der Waals surface area (Å²) in [6, 6.07) is 6.48. The zero-order valence-electron chi connectivity index (χ0n) is 12.9. The summed E-state index contributed by atoms with van der Waals surface area (Å²) in [5, 5.41) is 11.1. The first-order chi connectivity index (χ1) is 10.6. The Morgan fingerprint density at radius 3 is 2.59 bits per heavy atom.